The number of benzene rings is 3. The maximum Gasteiger partial charge on any atom is 0.416 e. The number of anilines is 1. The Labute approximate surface area is 212 Å². The van der Waals surface area contributed by atoms with Gasteiger partial charge < -0.3 is 9.84 Å². The molecule has 0 aromatic heterocycles. The molecule has 0 saturated carbocycles. The summed E-state index contributed by atoms with van der Waals surface area (Å²) in [7, 11) is -4.74. The van der Waals surface area contributed by atoms with E-state index in [9.17, 15) is 30.8 Å². The number of sulfonamides is 1. The van der Waals surface area contributed by atoms with Gasteiger partial charge in [0.25, 0.3) is 10.0 Å². The smallest absolute Gasteiger partial charge is 0.416 e. The van der Waals surface area contributed by atoms with E-state index in [0.29, 0.717) is 16.4 Å². The largest absolute Gasteiger partial charge is 0.483 e. The van der Waals surface area contributed by atoms with Gasteiger partial charge in [-0.15, -0.1) is 0 Å². The van der Waals surface area contributed by atoms with Gasteiger partial charge in [-0.05, 0) is 48.4 Å². The molecule has 0 bridgehead atoms. The Kier molecular flexibility index (Phi) is 7.08. The Balaban J connectivity index is 1.88. The summed E-state index contributed by atoms with van der Waals surface area (Å²) in [4.78, 5) is 10.3. The number of ether oxygens (including phenoxy) is 1. The van der Waals surface area contributed by atoms with Gasteiger partial charge in [-0.1, -0.05) is 29.8 Å². The van der Waals surface area contributed by atoms with E-state index in [1.54, 1.807) is 0 Å². The number of carbonyl (C=O) groups is 1. The Hall–Kier alpha value is -3.38. The molecule has 4 rings (SSSR count). The van der Waals surface area contributed by atoms with Gasteiger partial charge in [-0.3, -0.25) is 9.10 Å². The van der Waals surface area contributed by atoms with Crippen molar-refractivity contribution < 1.29 is 45.0 Å². The molecule has 0 fully saturated rings. The molecule has 1 N–H and O–H groups in total. The molecule has 3 aromatic rings. The van der Waals surface area contributed by atoms with E-state index in [4.69, 9.17) is 21.4 Å². The lowest BCUT2D eigenvalue weighted by molar-refractivity contribution is -0.138. The van der Waals surface area contributed by atoms with Crippen molar-refractivity contribution in [3.8, 4) is 16.9 Å². The fourth-order valence-electron chi connectivity index (χ4n) is 3.87. The van der Waals surface area contributed by atoms with Crippen molar-refractivity contribution in [3.05, 3.63) is 76.8 Å². The number of aliphatic carboxylic acids is 1. The van der Waals surface area contributed by atoms with Crippen LogP contribution in [0.25, 0.3) is 11.1 Å². The minimum absolute atomic E-state index is 0.104. The van der Waals surface area contributed by atoms with Gasteiger partial charge in [0.15, 0.2) is 11.6 Å². The summed E-state index contributed by atoms with van der Waals surface area (Å²) in [5.74, 6) is -3.76. The second-order valence-corrected chi connectivity index (χ2v) is 10.4. The zero-order chi connectivity index (χ0) is 27.1. The molecule has 0 unspecified atom stereocenters. The molecule has 13 heteroatoms. The highest BCUT2D eigenvalue weighted by atomic mass is 35.5. The van der Waals surface area contributed by atoms with Crippen molar-refractivity contribution >= 4 is 33.3 Å². The molecule has 0 aliphatic carbocycles. The Bertz CT molecular complexity index is 1480. The number of nitrogens with zero attached hydrogens (tertiary/aromatic N) is 1. The average Bonchev–Trinajstić information content (AvgIpc) is 2.83. The first-order valence-corrected chi connectivity index (χ1v) is 12.5. The first-order chi connectivity index (χ1) is 17.3. The number of carboxylic acids is 1. The summed E-state index contributed by atoms with van der Waals surface area (Å²) in [5, 5.41) is 8.73. The van der Waals surface area contributed by atoms with Gasteiger partial charge >= 0.3 is 12.1 Å². The Morgan fingerprint density at radius 3 is 2.49 bits per heavy atom. The van der Waals surface area contributed by atoms with Gasteiger partial charge in [-0.25, -0.2) is 17.2 Å². The normalized spacial score (nSPS) is 15.7. The summed E-state index contributed by atoms with van der Waals surface area (Å²) < 4.78 is 103. The van der Waals surface area contributed by atoms with Crippen LogP contribution in [0.1, 0.15) is 18.4 Å². The molecule has 37 heavy (non-hydrogen) atoms. The standard InChI is InChI=1S/C24H17ClF5NO5S/c25-18-6-2-5-17(22(18)27)13-9-19(26)23-20(10-13)31(12-15(36-23)7-8-21(32)33)37(34,35)16-4-1-3-14(11-16)24(28,29)30/h1-6,9-11,15H,7-8,12H2,(H,32,33)/t15-/m0/s1. The van der Waals surface area contributed by atoms with Crippen molar-refractivity contribution in [1.29, 1.82) is 0 Å². The van der Waals surface area contributed by atoms with Gasteiger partial charge in [0.2, 0.25) is 0 Å². The number of carboxylic acid groups (broad SMARTS) is 1. The minimum atomic E-state index is -4.83. The maximum atomic E-state index is 15.2. The molecule has 0 radical (unpaired) electrons. The van der Waals surface area contributed by atoms with Crippen LogP contribution in [0.15, 0.2) is 59.5 Å². The number of hydrogen-bond donors (Lipinski definition) is 1. The van der Waals surface area contributed by atoms with E-state index in [-0.39, 0.29) is 22.6 Å². The number of halogens is 6. The Morgan fingerprint density at radius 1 is 1.11 bits per heavy atom. The van der Waals surface area contributed by atoms with E-state index in [2.05, 4.69) is 0 Å². The average molecular weight is 562 g/mol. The lowest BCUT2D eigenvalue weighted by Gasteiger charge is -2.36. The quantitative estimate of drug-likeness (QED) is 0.366. The summed E-state index contributed by atoms with van der Waals surface area (Å²) in [6.45, 7) is -0.528. The van der Waals surface area contributed by atoms with Crippen LogP contribution in [-0.4, -0.2) is 32.1 Å². The van der Waals surface area contributed by atoms with Crippen LogP contribution in [-0.2, 0) is 21.0 Å². The zero-order valence-corrected chi connectivity index (χ0v) is 20.2. The molecule has 0 spiro atoms. The predicted molar refractivity (Wildman–Crippen MR) is 124 cm³/mol. The first-order valence-electron chi connectivity index (χ1n) is 10.7. The fraction of sp³-hybridized carbons (Fsp3) is 0.208. The van der Waals surface area contributed by atoms with Crippen LogP contribution in [0.5, 0.6) is 5.75 Å². The molecular formula is C24H17ClF5NO5S. The van der Waals surface area contributed by atoms with Crippen molar-refractivity contribution in [2.24, 2.45) is 0 Å². The van der Waals surface area contributed by atoms with Crippen molar-refractivity contribution in [3.63, 3.8) is 0 Å². The molecule has 0 amide bonds. The highest BCUT2D eigenvalue weighted by Crippen LogP contribution is 2.43. The lowest BCUT2D eigenvalue weighted by Crippen LogP contribution is -2.44. The number of rotatable bonds is 6. The topological polar surface area (TPSA) is 83.9 Å². The molecular weight excluding hydrogens is 545 g/mol. The second-order valence-electron chi connectivity index (χ2n) is 8.14. The number of hydrogen-bond acceptors (Lipinski definition) is 4. The zero-order valence-electron chi connectivity index (χ0n) is 18.6. The molecule has 1 heterocycles. The summed E-state index contributed by atoms with van der Waals surface area (Å²) in [5.41, 5.74) is -1.87. The third kappa shape index (κ3) is 5.35. The van der Waals surface area contributed by atoms with Crippen molar-refractivity contribution in [2.75, 3.05) is 10.8 Å². The van der Waals surface area contributed by atoms with Crippen LogP contribution in [0.4, 0.5) is 27.6 Å². The van der Waals surface area contributed by atoms with E-state index in [1.165, 1.54) is 18.2 Å². The van der Waals surface area contributed by atoms with Crippen LogP contribution in [0, 0.1) is 11.6 Å². The van der Waals surface area contributed by atoms with Crippen LogP contribution in [0.3, 0.4) is 0 Å². The third-order valence-electron chi connectivity index (χ3n) is 5.64. The van der Waals surface area contributed by atoms with Crippen LogP contribution < -0.4 is 9.04 Å². The monoisotopic (exact) mass is 561 g/mol. The predicted octanol–water partition coefficient (Wildman–Crippen LogP) is 6.13. The SMILES string of the molecule is O=C(O)CC[C@H]1CN(S(=O)(=O)c2cccc(C(F)(F)F)c2)c2cc(-c3cccc(Cl)c3F)cc(F)c2O1. The van der Waals surface area contributed by atoms with Crippen molar-refractivity contribution in [2.45, 2.75) is 30.0 Å². The van der Waals surface area contributed by atoms with Crippen molar-refractivity contribution in [1.82, 2.24) is 0 Å². The maximum absolute atomic E-state index is 15.2. The van der Waals surface area contributed by atoms with Gasteiger partial charge in [-0.2, -0.15) is 13.2 Å². The summed E-state index contributed by atoms with van der Waals surface area (Å²) in [6.07, 6.45) is -6.62. The van der Waals surface area contributed by atoms with Gasteiger partial charge in [0.05, 0.1) is 27.7 Å². The van der Waals surface area contributed by atoms with E-state index in [1.807, 2.05) is 0 Å². The van der Waals surface area contributed by atoms with E-state index in [0.717, 1.165) is 24.3 Å². The third-order valence-corrected chi connectivity index (χ3v) is 7.71. The fourth-order valence-corrected chi connectivity index (χ4v) is 5.59. The minimum Gasteiger partial charge on any atom is -0.483 e. The lowest BCUT2D eigenvalue weighted by atomic mass is 10.0. The molecule has 1 aliphatic heterocycles. The highest BCUT2D eigenvalue weighted by Gasteiger charge is 2.38. The molecule has 6 nitrogen and oxygen atoms in total. The highest BCUT2D eigenvalue weighted by molar-refractivity contribution is 7.92. The van der Waals surface area contributed by atoms with Gasteiger partial charge in [0.1, 0.15) is 11.9 Å². The first kappa shape index (κ1) is 26.7. The summed E-state index contributed by atoms with van der Waals surface area (Å²) in [6, 6.07) is 8.94. The van der Waals surface area contributed by atoms with E-state index < -0.39 is 74.8 Å². The van der Waals surface area contributed by atoms with Crippen LogP contribution >= 0.6 is 11.6 Å². The van der Waals surface area contributed by atoms with Crippen LogP contribution in [0.2, 0.25) is 5.02 Å². The number of fused-ring (bicyclic) bond motifs is 1. The molecule has 196 valence electrons. The second kappa shape index (κ2) is 9.82. The van der Waals surface area contributed by atoms with Gasteiger partial charge in [0, 0.05) is 12.0 Å². The number of alkyl halides is 3. The molecule has 1 atom stereocenters. The molecule has 3 aromatic carbocycles. The Morgan fingerprint density at radius 2 is 1.81 bits per heavy atom. The molecule has 0 saturated heterocycles. The van der Waals surface area contributed by atoms with E-state index >= 15 is 4.39 Å². The molecule has 1 aliphatic rings. The summed E-state index contributed by atoms with van der Waals surface area (Å²) >= 11 is 5.82.